The topological polar surface area (TPSA) is 81.5 Å². The standard InChI is InChI=1S/C26H27N3O4S/c1-17-10-12-22(19(3)14-17)29-25(27-21-9-7-6-8-20(21)26(29)30)16-28(4)34(31,32)24-13-11-18(2)15-23(24)33-5/h6-15H,16H2,1-5H3. The Morgan fingerprint density at radius 2 is 1.65 bits per heavy atom. The third-order valence-electron chi connectivity index (χ3n) is 5.81. The molecular weight excluding hydrogens is 450 g/mol. The van der Waals surface area contributed by atoms with Crippen molar-refractivity contribution in [1.82, 2.24) is 13.9 Å². The Morgan fingerprint density at radius 1 is 0.971 bits per heavy atom. The number of aromatic nitrogens is 2. The van der Waals surface area contributed by atoms with Gasteiger partial charge in [-0.15, -0.1) is 0 Å². The number of aryl methyl sites for hydroxylation is 3. The molecule has 34 heavy (non-hydrogen) atoms. The van der Waals surface area contributed by atoms with Crippen LogP contribution >= 0.6 is 0 Å². The van der Waals surface area contributed by atoms with E-state index in [1.165, 1.54) is 29.1 Å². The molecule has 1 heterocycles. The van der Waals surface area contributed by atoms with Crippen LogP contribution < -0.4 is 10.3 Å². The lowest BCUT2D eigenvalue weighted by Gasteiger charge is -2.22. The number of para-hydroxylation sites is 1. The number of rotatable bonds is 6. The van der Waals surface area contributed by atoms with Gasteiger partial charge in [0.15, 0.2) is 0 Å². The minimum Gasteiger partial charge on any atom is -0.495 e. The third kappa shape index (κ3) is 4.22. The third-order valence-corrected chi connectivity index (χ3v) is 7.65. The van der Waals surface area contributed by atoms with Crippen molar-refractivity contribution in [2.24, 2.45) is 0 Å². The molecule has 0 aliphatic rings. The number of hydrogen-bond acceptors (Lipinski definition) is 5. The van der Waals surface area contributed by atoms with Gasteiger partial charge in [-0.3, -0.25) is 9.36 Å². The van der Waals surface area contributed by atoms with E-state index in [1.807, 2.05) is 39.0 Å². The Morgan fingerprint density at radius 3 is 2.35 bits per heavy atom. The lowest BCUT2D eigenvalue weighted by atomic mass is 10.1. The number of nitrogens with zero attached hydrogens (tertiary/aromatic N) is 3. The highest BCUT2D eigenvalue weighted by Crippen LogP contribution is 2.28. The average Bonchev–Trinajstić information content (AvgIpc) is 2.80. The van der Waals surface area contributed by atoms with Crippen molar-refractivity contribution >= 4 is 20.9 Å². The van der Waals surface area contributed by atoms with Crippen molar-refractivity contribution in [3.8, 4) is 11.4 Å². The summed E-state index contributed by atoms with van der Waals surface area (Å²) in [5.41, 5.74) is 3.79. The molecule has 0 aliphatic heterocycles. The first-order valence-corrected chi connectivity index (χ1v) is 12.3. The predicted octanol–water partition coefficient (Wildman–Crippen LogP) is 4.14. The number of sulfonamides is 1. The molecule has 0 spiro atoms. The summed E-state index contributed by atoms with van der Waals surface area (Å²) >= 11 is 0. The van der Waals surface area contributed by atoms with Crippen LogP contribution in [0.2, 0.25) is 0 Å². The highest BCUT2D eigenvalue weighted by molar-refractivity contribution is 7.89. The minimum atomic E-state index is -3.93. The number of fused-ring (bicyclic) bond motifs is 1. The Hall–Kier alpha value is -3.49. The lowest BCUT2D eigenvalue weighted by Crippen LogP contribution is -2.32. The Kier molecular flexibility index (Phi) is 6.29. The summed E-state index contributed by atoms with van der Waals surface area (Å²) in [5.74, 6) is 0.595. The Bertz CT molecular complexity index is 1560. The molecule has 1 aromatic heterocycles. The summed E-state index contributed by atoms with van der Waals surface area (Å²) < 4.78 is 35.0. The van der Waals surface area contributed by atoms with Gasteiger partial charge in [0.2, 0.25) is 10.0 Å². The van der Waals surface area contributed by atoms with Gasteiger partial charge in [0.25, 0.3) is 5.56 Å². The molecule has 4 rings (SSSR count). The van der Waals surface area contributed by atoms with Gasteiger partial charge in [-0.2, -0.15) is 4.31 Å². The van der Waals surface area contributed by atoms with Crippen LogP contribution in [0.25, 0.3) is 16.6 Å². The van der Waals surface area contributed by atoms with Gasteiger partial charge in [-0.05, 0) is 62.2 Å². The maximum atomic E-state index is 13.6. The van der Waals surface area contributed by atoms with Crippen molar-refractivity contribution < 1.29 is 13.2 Å². The van der Waals surface area contributed by atoms with Crippen molar-refractivity contribution in [3.63, 3.8) is 0 Å². The summed E-state index contributed by atoms with van der Waals surface area (Å²) in [5, 5.41) is 0.469. The maximum absolute atomic E-state index is 13.6. The highest BCUT2D eigenvalue weighted by Gasteiger charge is 2.27. The quantitative estimate of drug-likeness (QED) is 0.417. The van der Waals surface area contributed by atoms with Crippen molar-refractivity contribution in [2.75, 3.05) is 14.2 Å². The number of benzene rings is 3. The molecule has 176 valence electrons. The normalized spacial score (nSPS) is 11.8. The Balaban J connectivity index is 1.88. The van der Waals surface area contributed by atoms with E-state index < -0.39 is 10.0 Å². The monoisotopic (exact) mass is 477 g/mol. The molecule has 0 aliphatic carbocycles. The van der Waals surface area contributed by atoms with E-state index in [1.54, 1.807) is 36.4 Å². The highest BCUT2D eigenvalue weighted by atomic mass is 32.2. The van der Waals surface area contributed by atoms with Crippen molar-refractivity contribution in [1.29, 1.82) is 0 Å². The molecule has 0 saturated heterocycles. The number of hydrogen-bond donors (Lipinski definition) is 0. The van der Waals surface area contributed by atoms with Crippen molar-refractivity contribution in [3.05, 3.63) is 93.5 Å². The average molecular weight is 478 g/mol. The van der Waals surface area contributed by atoms with Crippen LogP contribution in [0.1, 0.15) is 22.5 Å². The van der Waals surface area contributed by atoms with Gasteiger partial charge in [-0.1, -0.05) is 35.9 Å². The van der Waals surface area contributed by atoms with Gasteiger partial charge < -0.3 is 4.74 Å². The molecular formula is C26H27N3O4S. The summed E-state index contributed by atoms with van der Waals surface area (Å²) in [4.78, 5) is 18.3. The molecule has 8 heteroatoms. The molecule has 0 bridgehead atoms. The molecule has 0 atom stereocenters. The van der Waals surface area contributed by atoms with E-state index >= 15 is 0 Å². The summed E-state index contributed by atoms with van der Waals surface area (Å²) in [7, 11) is -1.01. The van der Waals surface area contributed by atoms with Crippen molar-refractivity contribution in [2.45, 2.75) is 32.2 Å². The predicted molar refractivity (Wildman–Crippen MR) is 133 cm³/mol. The maximum Gasteiger partial charge on any atom is 0.266 e. The smallest absolute Gasteiger partial charge is 0.266 e. The van der Waals surface area contributed by atoms with Crippen LogP contribution in [0, 0.1) is 20.8 Å². The fourth-order valence-electron chi connectivity index (χ4n) is 4.03. The zero-order valence-electron chi connectivity index (χ0n) is 19.9. The molecule has 0 saturated carbocycles. The van der Waals surface area contributed by atoms with Crippen LogP contribution in [-0.2, 0) is 16.6 Å². The molecule has 0 fully saturated rings. The van der Waals surface area contributed by atoms with E-state index in [0.29, 0.717) is 22.4 Å². The molecule has 0 N–H and O–H groups in total. The number of ether oxygens (including phenoxy) is 1. The SMILES string of the molecule is COc1cc(C)ccc1S(=O)(=O)N(C)Cc1nc2ccccc2c(=O)n1-c1ccc(C)cc1C. The minimum absolute atomic E-state index is 0.0595. The summed E-state index contributed by atoms with van der Waals surface area (Å²) in [6.45, 7) is 5.66. The fourth-order valence-corrected chi connectivity index (χ4v) is 5.29. The van der Waals surface area contributed by atoms with Crippen LogP contribution in [0.4, 0.5) is 0 Å². The van der Waals surface area contributed by atoms with Crippen LogP contribution in [0.15, 0.2) is 70.4 Å². The largest absolute Gasteiger partial charge is 0.495 e. The van der Waals surface area contributed by atoms with Gasteiger partial charge in [0.05, 0.1) is 30.2 Å². The number of methoxy groups -OCH3 is 1. The van der Waals surface area contributed by atoms with Gasteiger partial charge in [-0.25, -0.2) is 13.4 Å². The van der Waals surface area contributed by atoms with E-state index in [-0.39, 0.29) is 22.7 Å². The zero-order chi connectivity index (χ0) is 24.6. The molecule has 3 aromatic carbocycles. The first kappa shape index (κ1) is 23.7. The zero-order valence-corrected chi connectivity index (χ0v) is 20.7. The van der Waals surface area contributed by atoms with Crippen LogP contribution in [-0.4, -0.2) is 36.4 Å². The van der Waals surface area contributed by atoms with Gasteiger partial charge in [0.1, 0.15) is 16.5 Å². The lowest BCUT2D eigenvalue weighted by molar-refractivity contribution is 0.396. The second-order valence-corrected chi connectivity index (χ2v) is 10.4. The second kappa shape index (κ2) is 9.04. The molecule has 0 unspecified atom stereocenters. The van der Waals surface area contributed by atoms with E-state index in [4.69, 9.17) is 9.72 Å². The molecule has 4 aromatic rings. The fraction of sp³-hybridized carbons (Fsp3) is 0.231. The van der Waals surface area contributed by atoms with E-state index in [9.17, 15) is 13.2 Å². The van der Waals surface area contributed by atoms with E-state index in [2.05, 4.69) is 0 Å². The van der Waals surface area contributed by atoms with Gasteiger partial charge >= 0.3 is 0 Å². The first-order chi connectivity index (χ1) is 16.1. The van der Waals surface area contributed by atoms with E-state index in [0.717, 1.165) is 16.7 Å². The molecule has 0 radical (unpaired) electrons. The Labute approximate surface area is 199 Å². The molecule has 0 amide bonds. The van der Waals surface area contributed by atoms with Crippen LogP contribution in [0.3, 0.4) is 0 Å². The van der Waals surface area contributed by atoms with Gasteiger partial charge in [0, 0.05) is 7.05 Å². The molecule has 7 nitrogen and oxygen atoms in total. The first-order valence-electron chi connectivity index (χ1n) is 10.8. The van der Waals surface area contributed by atoms with Crippen LogP contribution in [0.5, 0.6) is 5.75 Å². The summed E-state index contributed by atoms with van der Waals surface area (Å²) in [6.07, 6.45) is 0. The second-order valence-electron chi connectivity index (χ2n) is 8.39. The summed E-state index contributed by atoms with van der Waals surface area (Å²) in [6, 6.07) is 17.8.